The third-order valence-electron chi connectivity index (χ3n) is 2.74. The predicted octanol–water partition coefficient (Wildman–Crippen LogP) is 1.82. The fraction of sp³-hybridized carbons (Fsp3) is 0.250. The highest BCUT2D eigenvalue weighted by molar-refractivity contribution is 5.98. The van der Waals surface area contributed by atoms with Gasteiger partial charge in [-0.3, -0.25) is 0 Å². The van der Waals surface area contributed by atoms with E-state index in [1.807, 2.05) is 0 Å². The number of carbonyl (C=O) groups is 1. The highest BCUT2D eigenvalue weighted by Crippen LogP contribution is 2.34. The van der Waals surface area contributed by atoms with Crippen molar-refractivity contribution in [2.24, 2.45) is 0 Å². The van der Waals surface area contributed by atoms with E-state index in [4.69, 9.17) is 5.11 Å². The topological polar surface area (TPSA) is 57.5 Å². The second-order valence-corrected chi connectivity index (χ2v) is 3.76. The summed E-state index contributed by atoms with van der Waals surface area (Å²) in [6.07, 6.45) is -0.00561. The van der Waals surface area contributed by atoms with Crippen LogP contribution in [-0.4, -0.2) is 22.3 Å². The van der Waals surface area contributed by atoms with Crippen molar-refractivity contribution in [3.05, 3.63) is 41.2 Å². The van der Waals surface area contributed by atoms with Crippen LogP contribution < -0.4 is 0 Å². The van der Waals surface area contributed by atoms with Gasteiger partial charge in [-0.25, -0.2) is 9.18 Å². The Kier molecular flexibility index (Phi) is 2.75. The maximum Gasteiger partial charge on any atom is 0.331 e. The average Bonchev–Trinajstić information content (AvgIpc) is 2.62. The molecular weight excluding hydrogens is 211 g/mol. The SMILES string of the molecule is O=C(O)C1=C(c2ccc(F)cc2)[C@@H](O)CC1. The summed E-state index contributed by atoms with van der Waals surface area (Å²) in [5, 5.41) is 18.7. The minimum absolute atomic E-state index is 0.221. The number of hydrogen-bond donors (Lipinski definition) is 2. The Balaban J connectivity index is 2.47. The quantitative estimate of drug-likeness (QED) is 0.802. The minimum Gasteiger partial charge on any atom is -0.478 e. The molecule has 0 amide bonds. The highest BCUT2D eigenvalue weighted by Gasteiger charge is 2.28. The molecule has 2 rings (SSSR count). The zero-order chi connectivity index (χ0) is 11.7. The molecule has 0 radical (unpaired) electrons. The van der Waals surface area contributed by atoms with Crippen molar-refractivity contribution in [2.75, 3.05) is 0 Å². The van der Waals surface area contributed by atoms with Gasteiger partial charge in [-0.15, -0.1) is 0 Å². The van der Waals surface area contributed by atoms with E-state index in [1.54, 1.807) is 0 Å². The van der Waals surface area contributed by atoms with Gasteiger partial charge in [-0.05, 0) is 36.1 Å². The Hall–Kier alpha value is -1.68. The maximum absolute atomic E-state index is 12.7. The van der Waals surface area contributed by atoms with Crippen molar-refractivity contribution in [1.82, 2.24) is 0 Å². The molecule has 0 spiro atoms. The van der Waals surface area contributed by atoms with Gasteiger partial charge in [0.2, 0.25) is 0 Å². The molecule has 1 atom stereocenters. The molecule has 16 heavy (non-hydrogen) atoms. The van der Waals surface area contributed by atoms with Crippen LogP contribution in [0.1, 0.15) is 18.4 Å². The number of carboxylic acids is 1. The van der Waals surface area contributed by atoms with Gasteiger partial charge < -0.3 is 10.2 Å². The minimum atomic E-state index is -1.02. The normalized spacial score (nSPS) is 20.2. The number of aliphatic hydroxyl groups is 1. The molecule has 0 saturated carbocycles. The van der Waals surface area contributed by atoms with Gasteiger partial charge in [0.15, 0.2) is 0 Å². The summed E-state index contributed by atoms with van der Waals surface area (Å²) in [6, 6.07) is 5.49. The lowest BCUT2D eigenvalue weighted by Gasteiger charge is -2.09. The second kappa shape index (κ2) is 4.06. The lowest BCUT2D eigenvalue weighted by molar-refractivity contribution is -0.132. The van der Waals surface area contributed by atoms with Crippen LogP contribution in [0.4, 0.5) is 4.39 Å². The van der Waals surface area contributed by atoms with Crippen molar-refractivity contribution in [3.63, 3.8) is 0 Å². The van der Waals surface area contributed by atoms with Crippen LogP contribution in [0.2, 0.25) is 0 Å². The van der Waals surface area contributed by atoms with Crippen LogP contribution in [-0.2, 0) is 4.79 Å². The first-order valence-electron chi connectivity index (χ1n) is 5.00. The van der Waals surface area contributed by atoms with Crippen molar-refractivity contribution in [2.45, 2.75) is 18.9 Å². The van der Waals surface area contributed by atoms with Crippen molar-refractivity contribution < 1.29 is 19.4 Å². The molecule has 4 heteroatoms. The summed E-state index contributed by atoms with van der Waals surface area (Å²) in [7, 11) is 0. The van der Waals surface area contributed by atoms with E-state index in [9.17, 15) is 14.3 Å². The van der Waals surface area contributed by atoms with E-state index in [2.05, 4.69) is 0 Å². The number of benzene rings is 1. The molecular formula is C12H11FO3. The van der Waals surface area contributed by atoms with Crippen LogP contribution in [0.25, 0.3) is 5.57 Å². The Labute approximate surface area is 91.8 Å². The molecule has 0 aromatic heterocycles. The largest absolute Gasteiger partial charge is 0.478 e. The van der Waals surface area contributed by atoms with Crippen LogP contribution in [0.15, 0.2) is 29.8 Å². The Morgan fingerprint density at radius 2 is 1.94 bits per heavy atom. The molecule has 0 unspecified atom stereocenters. The lowest BCUT2D eigenvalue weighted by Crippen LogP contribution is -2.06. The fourth-order valence-corrected chi connectivity index (χ4v) is 1.98. The fourth-order valence-electron chi connectivity index (χ4n) is 1.98. The van der Waals surface area contributed by atoms with Crippen LogP contribution in [0.5, 0.6) is 0 Å². The van der Waals surface area contributed by atoms with Crippen molar-refractivity contribution >= 4 is 11.5 Å². The van der Waals surface area contributed by atoms with Crippen LogP contribution in [0, 0.1) is 5.82 Å². The Morgan fingerprint density at radius 1 is 1.31 bits per heavy atom. The number of hydrogen-bond acceptors (Lipinski definition) is 2. The molecule has 1 aromatic carbocycles. The summed E-state index contributed by atoms with van der Waals surface area (Å²) < 4.78 is 12.7. The summed E-state index contributed by atoms with van der Waals surface area (Å²) in [6.45, 7) is 0. The smallest absolute Gasteiger partial charge is 0.331 e. The summed E-state index contributed by atoms with van der Waals surface area (Å²) >= 11 is 0. The highest BCUT2D eigenvalue weighted by atomic mass is 19.1. The Bertz CT molecular complexity index is 448. The molecule has 0 heterocycles. The number of aliphatic carboxylic acids is 1. The summed E-state index contributed by atoms with van der Waals surface area (Å²) in [5.74, 6) is -1.40. The molecule has 0 bridgehead atoms. The standard InChI is InChI=1S/C12H11FO3/c13-8-3-1-7(2-4-8)11-9(12(15)16)5-6-10(11)14/h1-4,10,14H,5-6H2,(H,15,16)/t10-/m0/s1. The lowest BCUT2D eigenvalue weighted by atomic mass is 10.0. The van der Waals surface area contributed by atoms with E-state index < -0.39 is 12.1 Å². The maximum atomic E-state index is 12.7. The third kappa shape index (κ3) is 1.84. The van der Waals surface area contributed by atoms with Crippen molar-refractivity contribution in [3.8, 4) is 0 Å². The summed E-state index contributed by atoms with van der Waals surface area (Å²) in [4.78, 5) is 11.0. The van der Waals surface area contributed by atoms with Gasteiger partial charge >= 0.3 is 5.97 Å². The first kappa shape index (κ1) is 10.8. The van der Waals surface area contributed by atoms with Gasteiger partial charge in [0.05, 0.1) is 6.10 Å². The molecule has 84 valence electrons. The van der Waals surface area contributed by atoms with Crippen molar-refractivity contribution in [1.29, 1.82) is 0 Å². The van der Waals surface area contributed by atoms with Gasteiger partial charge in [-0.2, -0.15) is 0 Å². The van der Waals surface area contributed by atoms with E-state index in [0.29, 0.717) is 24.0 Å². The molecule has 2 N–H and O–H groups in total. The van der Waals surface area contributed by atoms with Gasteiger partial charge in [0, 0.05) is 5.57 Å². The van der Waals surface area contributed by atoms with Crippen LogP contribution >= 0.6 is 0 Å². The predicted molar refractivity (Wildman–Crippen MR) is 56.2 cm³/mol. The van der Waals surface area contributed by atoms with E-state index in [1.165, 1.54) is 24.3 Å². The molecule has 1 aliphatic rings. The Morgan fingerprint density at radius 3 is 2.50 bits per heavy atom. The first-order valence-corrected chi connectivity index (χ1v) is 5.00. The number of halogens is 1. The first-order chi connectivity index (χ1) is 7.59. The molecule has 1 aromatic rings. The van der Waals surface area contributed by atoms with E-state index >= 15 is 0 Å². The zero-order valence-corrected chi connectivity index (χ0v) is 8.48. The van der Waals surface area contributed by atoms with E-state index in [-0.39, 0.29) is 11.4 Å². The number of rotatable bonds is 2. The monoisotopic (exact) mass is 222 g/mol. The molecule has 0 fully saturated rings. The molecule has 0 aliphatic heterocycles. The molecule has 3 nitrogen and oxygen atoms in total. The zero-order valence-electron chi connectivity index (χ0n) is 8.48. The average molecular weight is 222 g/mol. The second-order valence-electron chi connectivity index (χ2n) is 3.76. The van der Waals surface area contributed by atoms with E-state index in [0.717, 1.165) is 0 Å². The van der Waals surface area contributed by atoms with Gasteiger partial charge in [0.25, 0.3) is 0 Å². The molecule has 1 aliphatic carbocycles. The van der Waals surface area contributed by atoms with Gasteiger partial charge in [-0.1, -0.05) is 12.1 Å². The van der Waals surface area contributed by atoms with Gasteiger partial charge in [0.1, 0.15) is 5.82 Å². The summed E-state index contributed by atoms with van der Waals surface area (Å²) in [5.41, 5.74) is 1.20. The number of carboxylic acid groups (broad SMARTS) is 1. The number of aliphatic hydroxyl groups excluding tert-OH is 1. The third-order valence-corrected chi connectivity index (χ3v) is 2.74. The van der Waals surface area contributed by atoms with Crippen LogP contribution in [0.3, 0.4) is 0 Å². The molecule has 0 saturated heterocycles.